The maximum atomic E-state index is 11.9. The zero-order valence-corrected chi connectivity index (χ0v) is 15.4. The van der Waals surface area contributed by atoms with Gasteiger partial charge >= 0.3 is 12.0 Å². The molecule has 0 saturated heterocycles. The van der Waals surface area contributed by atoms with Crippen molar-refractivity contribution in [2.75, 3.05) is 6.54 Å². The molecule has 6 nitrogen and oxygen atoms in total. The molecule has 0 bridgehead atoms. The Morgan fingerprint density at radius 2 is 1.96 bits per heavy atom. The molecule has 2 amide bonds. The number of aliphatic carboxylic acids is 1. The number of nitrogens with zero attached hydrogens (tertiary/aromatic N) is 1. The molecule has 1 aliphatic rings. The second kappa shape index (κ2) is 7.96. The molecule has 2 rings (SSSR count). The van der Waals surface area contributed by atoms with E-state index in [2.05, 4.69) is 36.4 Å². The van der Waals surface area contributed by atoms with Gasteiger partial charge in [-0.15, -0.1) is 11.3 Å². The number of carbonyl (C=O) groups excluding carboxylic acids is 1. The Bertz CT molecular complexity index is 572. The van der Waals surface area contributed by atoms with Crippen LogP contribution in [0.2, 0.25) is 0 Å². The number of carboxylic acid groups (broad SMARTS) is 1. The molecule has 0 spiro atoms. The normalized spacial score (nSPS) is 21.3. The Kier molecular flexibility index (Phi) is 6.21. The van der Waals surface area contributed by atoms with Crippen molar-refractivity contribution >= 4 is 23.3 Å². The summed E-state index contributed by atoms with van der Waals surface area (Å²) in [5.41, 5.74) is 1.06. The third-order valence-corrected chi connectivity index (χ3v) is 5.59. The lowest BCUT2D eigenvalue weighted by Crippen LogP contribution is -2.44. The Labute approximate surface area is 147 Å². The number of thiazole rings is 1. The van der Waals surface area contributed by atoms with Crippen LogP contribution in [0.15, 0.2) is 5.38 Å². The van der Waals surface area contributed by atoms with Crippen LogP contribution in [0.25, 0.3) is 0 Å². The number of hydrogen-bond acceptors (Lipinski definition) is 4. The fraction of sp³-hybridized carbons (Fsp3) is 0.706. The van der Waals surface area contributed by atoms with Gasteiger partial charge in [0.2, 0.25) is 0 Å². The quantitative estimate of drug-likeness (QED) is 0.759. The summed E-state index contributed by atoms with van der Waals surface area (Å²) < 4.78 is 0. The zero-order chi connectivity index (χ0) is 17.7. The monoisotopic (exact) mass is 353 g/mol. The summed E-state index contributed by atoms with van der Waals surface area (Å²) in [4.78, 5) is 27.5. The summed E-state index contributed by atoms with van der Waals surface area (Å²) in [6.45, 7) is 6.96. The lowest BCUT2D eigenvalue weighted by molar-refractivity contribution is -0.142. The molecule has 1 aliphatic carbocycles. The number of rotatable bonds is 5. The van der Waals surface area contributed by atoms with Gasteiger partial charge in [-0.1, -0.05) is 20.8 Å². The highest BCUT2D eigenvalue weighted by Gasteiger charge is 2.26. The third kappa shape index (κ3) is 5.47. The van der Waals surface area contributed by atoms with Crippen molar-refractivity contribution in [2.45, 2.75) is 64.3 Å². The molecule has 3 N–H and O–H groups in total. The molecule has 0 aromatic carbocycles. The van der Waals surface area contributed by atoms with Crippen LogP contribution >= 0.6 is 11.3 Å². The van der Waals surface area contributed by atoms with Crippen LogP contribution < -0.4 is 10.6 Å². The first-order valence-electron chi connectivity index (χ1n) is 8.48. The third-order valence-electron chi connectivity index (χ3n) is 4.27. The predicted octanol–water partition coefficient (Wildman–Crippen LogP) is 2.93. The molecule has 0 aliphatic heterocycles. The van der Waals surface area contributed by atoms with Crippen LogP contribution in [0.1, 0.15) is 57.2 Å². The molecule has 0 atom stereocenters. The van der Waals surface area contributed by atoms with E-state index in [1.54, 1.807) is 11.3 Å². The number of urea groups is 1. The SMILES string of the molecule is CC(C)(C)c1nc(CCNC(=O)NC2CCC(C(=O)O)CC2)cs1. The van der Waals surface area contributed by atoms with E-state index < -0.39 is 5.97 Å². The number of aromatic nitrogens is 1. The highest BCUT2D eigenvalue weighted by atomic mass is 32.1. The average Bonchev–Trinajstić information content (AvgIpc) is 2.97. The van der Waals surface area contributed by atoms with E-state index in [1.165, 1.54) is 0 Å². The van der Waals surface area contributed by atoms with Crippen LogP contribution in [-0.4, -0.2) is 34.7 Å². The minimum absolute atomic E-state index is 0.0580. The average molecular weight is 353 g/mol. The lowest BCUT2D eigenvalue weighted by atomic mass is 9.86. The molecule has 0 unspecified atom stereocenters. The minimum Gasteiger partial charge on any atom is -0.481 e. The summed E-state index contributed by atoms with van der Waals surface area (Å²) in [7, 11) is 0. The number of carboxylic acids is 1. The summed E-state index contributed by atoms with van der Waals surface area (Å²) >= 11 is 1.66. The van der Waals surface area contributed by atoms with Gasteiger partial charge in [0.1, 0.15) is 0 Å². The second-order valence-corrected chi connectivity index (χ2v) is 8.29. The first-order valence-corrected chi connectivity index (χ1v) is 9.35. The molecule has 1 aromatic heterocycles. The van der Waals surface area contributed by atoms with Crippen LogP contribution in [0.3, 0.4) is 0 Å². The van der Waals surface area contributed by atoms with Crippen LogP contribution in [0.5, 0.6) is 0 Å². The summed E-state index contributed by atoms with van der Waals surface area (Å²) in [6.07, 6.45) is 3.44. The molecule has 1 aromatic rings. The van der Waals surface area contributed by atoms with Gasteiger partial charge < -0.3 is 15.7 Å². The maximum Gasteiger partial charge on any atom is 0.315 e. The van der Waals surface area contributed by atoms with Gasteiger partial charge in [0, 0.05) is 29.8 Å². The maximum absolute atomic E-state index is 11.9. The molecule has 1 fully saturated rings. The van der Waals surface area contributed by atoms with E-state index in [-0.39, 0.29) is 23.4 Å². The van der Waals surface area contributed by atoms with E-state index in [9.17, 15) is 9.59 Å². The Morgan fingerprint density at radius 1 is 1.29 bits per heavy atom. The largest absolute Gasteiger partial charge is 0.481 e. The lowest BCUT2D eigenvalue weighted by Gasteiger charge is -2.26. The first kappa shape index (κ1) is 18.7. The predicted molar refractivity (Wildman–Crippen MR) is 94.4 cm³/mol. The summed E-state index contributed by atoms with van der Waals surface area (Å²) in [5, 5.41) is 17.9. The van der Waals surface area contributed by atoms with Gasteiger partial charge in [-0.3, -0.25) is 4.79 Å². The van der Waals surface area contributed by atoms with Crippen LogP contribution in [0, 0.1) is 5.92 Å². The number of nitrogens with one attached hydrogen (secondary N) is 2. The highest BCUT2D eigenvalue weighted by molar-refractivity contribution is 7.09. The Hall–Kier alpha value is -1.63. The van der Waals surface area contributed by atoms with Crippen molar-refractivity contribution in [3.8, 4) is 0 Å². The Morgan fingerprint density at radius 3 is 2.50 bits per heavy atom. The second-order valence-electron chi connectivity index (χ2n) is 7.43. The van der Waals surface area contributed by atoms with Crippen LogP contribution in [-0.2, 0) is 16.6 Å². The van der Waals surface area contributed by atoms with Crippen molar-refractivity contribution in [1.29, 1.82) is 0 Å². The van der Waals surface area contributed by atoms with Gasteiger partial charge in [-0.05, 0) is 25.7 Å². The van der Waals surface area contributed by atoms with Crippen molar-refractivity contribution in [1.82, 2.24) is 15.6 Å². The van der Waals surface area contributed by atoms with Gasteiger partial charge in [0.05, 0.1) is 16.6 Å². The molecule has 0 radical (unpaired) electrons. The van der Waals surface area contributed by atoms with Crippen molar-refractivity contribution in [3.05, 3.63) is 16.1 Å². The van der Waals surface area contributed by atoms with Gasteiger partial charge in [-0.2, -0.15) is 0 Å². The van der Waals surface area contributed by atoms with Crippen LogP contribution in [0.4, 0.5) is 4.79 Å². The first-order chi connectivity index (χ1) is 11.3. The molecule has 24 heavy (non-hydrogen) atoms. The number of amides is 2. The number of carbonyl (C=O) groups is 2. The molecule has 7 heteroatoms. The van der Waals surface area contributed by atoms with E-state index in [1.807, 2.05) is 5.38 Å². The summed E-state index contributed by atoms with van der Waals surface area (Å²) in [5.74, 6) is -0.983. The molecular weight excluding hydrogens is 326 g/mol. The van der Waals surface area contributed by atoms with E-state index in [4.69, 9.17) is 5.11 Å². The summed E-state index contributed by atoms with van der Waals surface area (Å²) in [6, 6.07) is -0.104. The van der Waals surface area contributed by atoms with E-state index >= 15 is 0 Å². The van der Waals surface area contributed by atoms with Crippen molar-refractivity contribution in [2.24, 2.45) is 5.92 Å². The highest BCUT2D eigenvalue weighted by Crippen LogP contribution is 2.26. The number of hydrogen-bond donors (Lipinski definition) is 3. The molecule has 1 heterocycles. The smallest absolute Gasteiger partial charge is 0.315 e. The van der Waals surface area contributed by atoms with E-state index in [0.717, 1.165) is 23.5 Å². The van der Waals surface area contributed by atoms with Gasteiger partial charge in [0.15, 0.2) is 0 Å². The van der Waals surface area contributed by atoms with Crippen molar-refractivity contribution in [3.63, 3.8) is 0 Å². The minimum atomic E-state index is -0.726. The molecule has 1 saturated carbocycles. The fourth-order valence-electron chi connectivity index (χ4n) is 2.79. The standard InChI is InChI=1S/C17H27N3O3S/c1-17(2,3)15-19-13(10-24-15)8-9-18-16(23)20-12-6-4-11(5-7-12)14(21)22/h10-12H,4-9H2,1-3H3,(H,21,22)(H2,18,20,23). The topological polar surface area (TPSA) is 91.3 Å². The Balaban J connectivity index is 1.67. The fourth-order valence-corrected chi connectivity index (χ4v) is 3.73. The molecule has 134 valence electrons. The van der Waals surface area contributed by atoms with Gasteiger partial charge in [-0.25, -0.2) is 9.78 Å². The zero-order valence-electron chi connectivity index (χ0n) is 14.6. The van der Waals surface area contributed by atoms with E-state index in [0.29, 0.717) is 25.8 Å². The molecular formula is C17H27N3O3S. The van der Waals surface area contributed by atoms with Gasteiger partial charge in [0.25, 0.3) is 0 Å². The van der Waals surface area contributed by atoms with Crippen molar-refractivity contribution < 1.29 is 14.7 Å².